The molecule has 7 heteroatoms. The maximum Gasteiger partial charge on any atom is 0.220 e. The van der Waals surface area contributed by atoms with E-state index in [9.17, 15) is 4.79 Å². The molecule has 1 amide bonds. The van der Waals surface area contributed by atoms with Gasteiger partial charge in [0.25, 0.3) is 0 Å². The topological polar surface area (TPSA) is 67.2 Å². The Kier molecular flexibility index (Phi) is 12.0. The summed E-state index contributed by atoms with van der Waals surface area (Å²) in [4.78, 5) is 16.5. The van der Waals surface area contributed by atoms with Crippen molar-refractivity contribution in [3.63, 3.8) is 0 Å². The Hall–Kier alpha value is -1.56. The van der Waals surface area contributed by atoms with Gasteiger partial charge in [-0.15, -0.1) is 24.8 Å². The minimum absolute atomic E-state index is 0. The van der Waals surface area contributed by atoms with Gasteiger partial charge in [-0.3, -0.25) is 4.79 Å². The van der Waals surface area contributed by atoms with Crippen LogP contribution in [0.4, 0.5) is 0 Å². The van der Waals surface area contributed by atoms with E-state index in [0.717, 1.165) is 23.6 Å². The first kappa shape index (κ1) is 25.5. The molecule has 1 aromatic heterocycles. The minimum Gasteiger partial charge on any atom is -0.440 e. The molecular formula is C22H33Cl2N3O2. The highest BCUT2D eigenvalue weighted by atomic mass is 35.5. The fourth-order valence-corrected chi connectivity index (χ4v) is 3.69. The van der Waals surface area contributed by atoms with Gasteiger partial charge in [0.2, 0.25) is 5.91 Å². The summed E-state index contributed by atoms with van der Waals surface area (Å²) in [5.74, 6) is 1.46. The molecule has 0 aliphatic heterocycles. The highest BCUT2D eigenvalue weighted by Crippen LogP contribution is 2.24. The van der Waals surface area contributed by atoms with Crippen LogP contribution in [0, 0.1) is 6.92 Å². The standard InChI is InChI=1S/C22H31N3O2.2ClH/c1-17-22(18-9-5-4-6-10-18)27-21(25-17)14-13-20(26)24-16-15-23-19-11-7-2-3-8-12-19;;/h4-6,9-10,19,23H,2-3,7-8,11-16H2,1H3,(H,24,26);2*1H. The van der Waals surface area contributed by atoms with Crippen molar-refractivity contribution < 1.29 is 9.21 Å². The first-order chi connectivity index (χ1) is 13.2. The van der Waals surface area contributed by atoms with Crippen LogP contribution in [-0.4, -0.2) is 30.0 Å². The molecule has 1 heterocycles. The molecule has 1 aliphatic carbocycles. The smallest absolute Gasteiger partial charge is 0.220 e. The monoisotopic (exact) mass is 441 g/mol. The molecule has 2 N–H and O–H groups in total. The van der Waals surface area contributed by atoms with E-state index in [1.807, 2.05) is 37.3 Å². The number of halogens is 2. The van der Waals surface area contributed by atoms with E-state index in [1.54, 1.807) is 0 Å². The Balaban J connectivity index is 0.00000210. The van der Waals surface area contributed by atoms with E-state index in [1.165, 1.54) is 38.5 Å². The lowest BCUT2D eigenvalue weighted by molar-refractivity contribution is -0.121. The van der Waals surface area contributed by atoms with Crippen molar-refractivity contribution in [3.8, 4) is 11.3 Å². The number of rotatable bonds is 8. The summed E-state index contributed by atoms with van der Waals surface area (Å²) in [5.41, 5.74) is 1.88. The third-order valence-electron chi connectivity index (χ3n) is 5.18. The normalized spacial score (nSPS) is 14.4. The lowest BCUT2D eigenvalue weighted by atomic mass is 10.1. The first-order valence-corrected chi connectivity index (χ1v) is 10.2. The largest absolute Gasteiger partial charge is 0.440 e. The van der Waals surface area contributed by atoms with Crippen molar-refractivity contribution in [2.75, 3.05) is 13.1 Å². The van der Waals surface area contributed by atoms with Crippen LogP contribution in [0.2, 0.25) is 0 Å². The maximum absolute atomic E-state index is 12.1. The number of hydrogen-bond acceptors (Lipinski definition) is 4. The van der Waals surface area contributed by atoms with E-state index >= 15 is 0 Å². The second-order valence-corrected chi connectivity index (χ2v) is 7.38. The number of carbonyl (C=O) groups is 1. The molecule has 0 atom stereocenters. The Morgan fingerprint density at radius 3 is 2.45 bits per heavy atom. The molecule has 5 nitrogen and oxygen atoms in total. The van der Waals surface area contributed by atoms with Gasteiger partial charge in [0.15, 0.2) is 11.7 Å². The Morgan fingerprint density at radius 1 is 1.07 bits per heavy atom. The van der Waals surface area contributed by atoms with Gasteiger partial charge in [-0.1, -0.05) is 56.0 Å². The molecule has 29 heavy (non-hydrogen) atoms. The van der Waals surface area contributed by atoms with Crippen LogP contribution in [0.25, 0.3) is 11.3 Å². The number of amides is 1. The Morgan fingerprint density at radius 2 is 1.76 bits per heavy atom. The predicted molar refractivity (Wildman–Crippen MR) is 122 cm³/mol. The van der Waals surface area contributed by atoms with Crippen LogP contribution in [0.15, 0.2) is 34.7 Å². The van der Waals surface area contributed by atoms with Crippen LogP contribution in [0.3, 0.4) is 0 Å². The Bertz CT molecular complexity index is 714. The van der Waals surface area contributed by atoms with Gasteiger partial charge in [0, 0.05) is 37.5 Å². The van der Waals surface area contributed by atoms with Crippen LogP contribution in [0.5, 0.6) is 0 Å². The fraction of sp³-hybridized carbons (Fsp3) is 0.545. The third kappa shape index (κ3) is 8.37. The second-order valence-electron chi connectivity index (χ2n) is 7.38. The van der Waals surface area contributed by atoms with Gasteiger partial charge >= 0.3 is 0 Å². The van der Waals surface area contributed by atoms with Crippen molar-refractivity contribution in [1.82, 2.24) is 15.6 Å². The quantitative estimate of drug-likeness (QED) is 0.453. The molecule has 162 valence electrons. The molecule has 0 saturated heterocycles. The average Bonchev–Trinajstić information content (AvgIpc) is 2.88. The summed E-state index contributed by atoms with van der Waals surface area (Å²) in [5, 5.41) is 6.56. The van der Waals surface area contributed by atoms with E-state index in [4.69, 9.17) is 4.42 Å². The predicted octanol–water partition coefficient (Wildman–Crippen LogP) is 4.85. The number of benzene rings is 1. The van der Waals surface area contributed by atoms with E-state index in [0.29, 0.717) is 31.3 Å². The molecule has 0 spiro atoms. The van der Waals surface area contributed by atoms with Gasteiger partial charge in [-0.25, -0.2) is 4.98 Å². The summed E-state index contributed by atoms with van der Waals surface area (Å²) in [7, 11) is 0. The van der Waals surface area contributed by atoms with Gasteiger partial charge in [0.05, 0.1) is 5.69 Å². The maximum atomic E-state index is 12.1. The minimum atomic E-state index is 0. The third-order valence-corrected chi connectivity index (χ3v) is 5.18. The highest BCUT2D eigenvalue weighted by molar-refractivity contribution is 5.85. The van der Waals surface area contributed by atoms with Crippen molar-refractivity contribution in [3.05, 3.63) is 41.9 Å². The number of aryl methyl sites for hydroxylation is 2. The molecule has 2 aromatic rings. The van der Waals surface area contributed by atoms with E-state index in [-0.39, 0.29) is 30.7 Å². The molecule has 1 saturated carbocycles. The Labute approximate surface area is 186 Å². The van der Waals surface area contributed by atoms with Crippen LogP contribution in [0.1, 0.15) is 56.5 Å². The molecule has 0 bridgehead atoms. The van der Waals surface area contributed by atoms with E-state index < -0.39 is 0 Å². The van der Waals surface area contributed by atoms with Gasteiger partial charge < -0.3 is 15.1 Å². The highest BCUT2D eigenvalue weighted by Gasteiger charge is 2.13. The molecule has 0 radical (unpaired) electrons. The van der Waals surface area contributed by atoms with Gasteiger partial charge in [-0.05, 0) is 19.8 Å². The van der Waals surface area contributed by atoms with Crippen molar-refractivity contribution in [2.24, 2.45) is 0 Å². The van der Waals surface area contributed by atoms with Crippen molar-refractivity contribution in [1.29, 1.82) is 0 Å². The second kappa shape index (κ2) is 13.6. The van der Waals surface area contributed by atoms with E-state index in [2.05, 4.69) is 15.6 Å². The lowest BCUT2D eigenvalue weighted by Gasteiger charge is -2.16. The molecule has 1 aliphatic rings. The molecular weight excluding hydrogens is 409 g/mol. The van der Waals surface area contributed by atoms with Gasteiger partial charge in [-0.2, -0.15) is 0 Å². The van der Waals surface area contributed by atoms with Crippen LogP contribution in [-0.2, 0) is 11.2 Å². The number of nitrogens with zero attached hydrogens (tertiary/aromatic N) is 1. The molecule has 3 rings (SSSR count). The summed E-state index contributed by atoms with van der Waals surface area (Å²) in [6, 6.07) is 10.6. The summed E-state index contributed by atoms with van der Waals surface area (Å²) >= 11 is 0. The number of aromatic nitrogens is 1. The molecule has 1 aromatic carbocycles. The van der Waals surface area contributed by atoms with Gasteiger partial charge in [0.1, 0.15) is 0 Å². The molecule has 1 fully saturated rings. The zero-order valence-electron chi connectivity index (χ0n) is 17.1. The number of hydrogen-bond donors (Lipinski definition) is 2. The summed E-state index contributed by atoms with van der Waals surface area (Å²) in [6.07, 6.45) is 8.83. The summed E-state index contributed by atoms with van der Waals surface area (Å²) < 4.78 is 5.86. The molecule has 0 unspecified atom stereocenters. The first-order valence-electron chi connectivity index (χ1n) is 10.2. The zero-order chi connectivity index (χ0) is 18.9. The SMILES string of the molecule is Cc1nc(CCC(=O)NCCNC2CCCCCC2)oc1-c1ccccc1.Cl.Cl. The average molecular weight is 442 g/mol. The van der Waals surface area contributed by atoms with Crippen LogP contribution >= 0.6 is 24.8 Å². The number of nitrogens with one attached hydrogen (secondary N) is 2. The van der Waals surface area contributed by atoms with Crippen molar-refractivity contribution >= 4 is 30.7 Å². The van der Waals surface area contributed by atoms with Crippen molar-refractivity contribution in [2.45, 2.75) is 64.3 Å². The summed E-state index contributed by atoms with van der Waals surface area (Å²) in [6.45, 7) is 3.45. The number of carbonyl (C=O) groups excluding carboxylic acids is 1. The zero-order valence-corrected chi connectivity index (χ0v) is 18.7. The lowest BCUT2D eigenvalue weighted by Crippen LogP contribution is -2.36. The fourth-order valence-electron chi connectivity index (χ4n) is 3.69. The number of oxazole rings is 1. The van der Waals surface area contributed by atoms with Crippen LogP contribution < -0.4 is 10.6 Å².